The van der Waals surface area contributed by atoms with Gasteiger partial charge in [0.15, 0.2) is 6.10 Å². The van der Waals surface area contributed by atoms with Crippen molar-refractivity contribution >= 4 is 21.6 Å². The molecular formula is C27H30N2O5S. The first kappa shape index (κ1) is 24.6. The predicted octanol–water partition coefficient (Wildman–Crippen LogP) is 4.27. The van der Waals surface area contributed by atoms with Crippen LogP contribution in [0.1, 0.15) is 30.9 Å². The van der Waals surface area contributed by atoms with Crippen LogP contribution in [0.5, 0.6) is 11.5 Å². The zero-order valence-electron chi connectivity index (χ0n) is 20.1. The molecule has 1 amide bonds. The average Bonchev–Trinajstić information content (AvgIpc) is 2.86. The van der Waals surface area contributed by atoms with Gasteiger partial charge in [0.2, 0.25) is 0 Å². The van der Waals surface area contributed by atoms with Crippen molar-refractivity contribution < 1.29 is 22.7 Å². The summed E-state index contributed by atoms with van der Waals surface area (Å²) in [6, 6.07) is 21.3. The molecular weight excluding hydrogens is 464 g/mol. The molecule has 4 rings (SSSR count). The highest BCUT2D eigenvalue weighted by Crippen LogP contribution is 2.37. The lowest BCUT2D eigenvalue weighted by molar-refractivity contribution is -0.127. The number of ether oxygens (including phenoxy) is 2. The van der Waals surface area contributed by atoms with Gasteiger partial charge in [-0.3, -0.25) is 9.10 Å². The molecule has 35 heavy (non-hydrogen) atoms. The number of aryl methyl sites for hydroxylation is 1. The maximum atomic E-state index is 13.5. The zero-order valence-corrected chi connectivity index (χ0v) is 20.9. The maximum Gasteiger partial charge on any atom is 0.264 e. The number of sulfonamides is 1. The van der Waals surface area contributed by atoms with Gasteiger partial charge in [-0.15, -0.1) is 0 Å². The quantitative estimate of drug-likeness (QED) is 0.473. The number of fused-ring (bicyclic) bond motifs is 1. The Bertz CT molecular complexity index is 1290. The fraction of sp³-hybridized carbons (Fsp3) is 0.296. The molecule has 7 nitrogen and oxygen atoms in total. The van der Waals surface area contributed by atoms with E-state index in [-0.39, 0.29) is 24.6 Å². The molecule has 1 atom stereocenters. The van der Waals surface area contributed by atoms with Gasteiger partial charge in [0, 0.05) is 0 Å². The van der Waals surface area contributed by atoms with Crippen LogP contribution in [0.15, 0.2) is 77.7 Å². The number of amides is 1. The molecule has 3 aromatic carbocycles. The smallest absolute Gasteiger partial charge is 0.264 e. The summed E-state index contributed by atoms with van der Waals surface area (Å²) in [5.74, 6) is 1.06. The summed E-state index contributed by atoms with van der Waals surface area (Å²) in [6.07, 6.45) is -0.994. The van der Waals surface area contributed by atoms with Crippen molar-refractivity contribution in [2.45, 2.75) is 37.7 Å². The summed E-state index contributed by atoms with van der Waals surface area (Å²) in [6.45, 7) is 6.49. The van der Waals surface area contributed by atoms with Gasteiger partial charge in [0.1, 0.15) is 18.1 Å². The van der Waals surface area contributed by atoms with Gasteiger partial charge in [-0.2, -0.15) is 0 Å². The van der Waals surface area contributed by atoms with Crippen molar-refractivity contribution in [3.63, 3.8) is 0 Å². The number of benzene rings is 3. The first-order valence-corrected chi connectivity index (χ1v) is 13.1. The highest BCUT2D eigenvalue weighted by atomic mass is 32.2. The topological polar surface area (TPSA) is 84.9 Å². The molecule has 0 radical (unpaired) electrons. The predicted molar refractivity (Wildman–Crippen MR) is 136 cm³/mol. The van der Waals surface area contributed by atoms with E-state index in [1.54, 1.807) is 42.5 Å². The summed E-state index contributed by atoms with van der Waals surface area (Å²) < 4.78 is 40.0. The van der Waals surface area contributed by atoms with Crippen LogP contribution in [0.2, 0.25) is 0 Å². The van der Waals surface area contributed by atoms with E-state index in [1.165, 1.54) is 4.31 Å². The van der Waals surface area contributed by atoms with Crippen LogP contribution in [0.3, 0.4) is 0 Å². The molecule has 184 valence electrons. The van der Waals surface area contributed by atoms with Gasteiger partial charge in [-0.25, -0.2) is 8.42 Å². The summed E-state index contributed by atoms with van der Waals surface area (Å²) in [7, 11) is -3.88. The maximum absolute atomic E-state index is 13.5. The standard InChI is InChI=1S/C27H30N2O5S/c1-19(2)22-11-7-8-12-24(22)33-16-15-28-27(30)26-18-29(23-17-20(3)13-14-25(23)34-26)35(31,32)21-9-5-4-6-10-21/h4-14,17,19,26H,15-16,18H2,1-3H3,(H,28,30)/t26-/m1/s1. The van der Waals surface area contributed by atoms with Crippen LogP contribution >= 0.6 is 0 Å². The lowest BCUT2D eigenvalue weighted by Crippen LogP contribution is -2.51. The Morgan fingerprint density at radius 1 is 1.09 bits per heavy atom. The number of anilines is 1. The van der Waals surface area contributed by atoms with E-state index in [9.17, 15) is 13.2 Å². The molecule has 1 heterocycles. The lowest BCUT2D eigenvalue weighted by Gasteiger charge is -2.35. The van der Waals surface area contributed by atoms with Gasteiger partial charge in [0.05, 0.1) is 23.7 Å². The number of hydrogen-bond acceptors (Lipinski definition) is 5. The van der Waals surface area contributed by atoms with E-state index in [0.29, 0.717) is 17.4 Å². The van der Waals surface area contributed by atoms with Crippen molar-refractivity contribution in [2.24, 2.45) is 0 Å². The van der Waals surface area contributed by atoms with E-state index in [1.807, 2.05) is 37.3 Å². The van der Waals surface area contributed by atoms with Crippen molar-refractivity contribution in [3.8, 4) is 11.5 Å². The molecule has 0 spiro atoms. The number of rotatable bonds is 8. The largest absolute Gasteiger partial charge is 0.491 e. The van der Waals surface area contributed by atoms with E-state index >= 15 is 0 Å². The van der Waals surface area contributed by atoms with Crippen molar-refractivity contribution in [1.29, 1.82) is 0 Å². The molecule has 0 aliphatic carbocycles. The Morgan fingerprint density at radius 2 is 1.80 bits per heavy atom. The van der Waals surface area contributed by atoms with Gasteiger partial charge < -0.3 is 14.8 Å². The Labute approximate surface area is 206 Å². The fourth-order valence-electron chi connectivity index (χ4n) is 3.98. The van der Waals surface area contributed by atoms with Crippen molar-refractivity contribution in [3.05, 3.63) is 83.9 Å². The Balaban J connectivity index is 1.47. The molecule has 0 saturated carbocycles. The second-order valence-corrected chi connectivity index (χ2v) is 10.6. The number of carbonyl (C=O) groups is 1. The number of hydrogen-bond donors (Lipinski definition) is 1. The Hall–Kier alpha value is -3.52. The molecule has 1 aliphatic rings. The van der Waals surface area contributed by atoms with Crippen LogP contribution in [0, 0.1) is 6.92 Å². The van der Waals surface area contributed by atoms with E-state index in [2.05, 4.69) is 19.2 Å². The highest BCUT2D eigenvalue weighted by Gasteiger charge is 2.37. The minimum Gasteiger partial charge on any atom is -0.491 e. The van der Waals surface area contributed by atoms with E-state index < -0.39 is 22.0 Å². The third-order valence-electron chi connectivity index (χ3n) is 5.81. The van der Waals surface area contributed by atoms with Gasteiger partial charge >= 0.3 is 0 Å². The van der Waals surface area contributed by atoms with Gasteiger partial charge in [-0.05, 0) is 54.3 Å². The normalized spacial score (nSPS) is 15.3. The second-order valence-electron chi connectivity index (χ2n) is 8.76. The molecule has 0 fully saturated rings. The molecule has 1 N–H and O–H groups in total. The summed E-state index contributed by atoms with van der Waals surface area (Å²) >= 11 is 0. The summed E-state index contributed by atoms with van der Waals surface area (Å²) in [5, 5.41) is 2.81. The average molecular weight is 495 g/mol. The lowest BCUT2D eigenvalue weighted by atomic mass is 10.0. The van der Waals surface area contributed by atoms with Crippen LogP contribution in [0.25, 0.3) is 0 Å². The van der Waals surface area contributed by atoms with Gasteiger partial charge in [0.25, 0.3) is 15.9 Å². The second kappa shape index (κ2) is 10.4. The first-order chi connectivity index (χ1) is 16.8. The first-order valence-electron chi connectivity index (χ1n) is 11.6. The number of para-hydroxylation sites is 1. The number of carbonyl (C=O) groups excluding carboxylic acids is 1. The third-order valence-corrected chi connectivity index (χ3v) is 7.60. The molecule has 3 aromatic rings. The van der Waals surface area contributed by atoms with Crippen LogP contribution in [-0.2, 0) is 14.8 Å². The number of nitrogens with zero attached hydrogens (tertiary/aromatic N) is 1. The fourth-order valence-corrected chi connectivity index (χ4v) is 5.47. The highest BCUT2D eigenvalue weighted by molar-refractivity contribution is 7.92. The van der Waals surface area contributed by atoms with E-state index in [0.717, 1.165) is 16.9 Å². The van der Waals surface area contributed by atoms with Crippen LogP contribution in [0.4, 0.5) is 5.69 Å². The van der Waals surface area contributed by atoms with Crippen molar-refractivity contribution in [1.82, 2.24) is 5.32 Å². The summed E-state index contributed by atoms with van der Waals surface area (Å²) in [4.78, 5) is 13.1. The summed E-state index contributed by atoms with van der Waals surface area (Å²) in [5.41, 5.74) is 2.41. The SMILES string of the molecule is Cc1ccc2c(c1)N(S(=O)(=O)c1ccccc1)C[C@H](C(=O)NCCOc1ccccc1C(C)C)O2. The van der Waals surface area contributed by atoms with Crippen LogP contribution < -0.4 is 19.1 Å². The van der Waals surface area contributed by atoms with E-state index in [4.69, 9.17) is 9.47 Å². The molecule has 8 heteroatoms. The molecule has 1 aliphatic heterocycles. The third kappa shape index (κ3) is 5.43. The van der Waals surface area contributed by atoms with Crippen LogP contribution in [-0.4, -0.2) is 40.1 Å². The van der Waals surface area contributed by atoms with Crippen molar-refractivity contribution in [2.75, 3.05) is 24.0 Å². The Kier molecular flexibility index (Phi) is 7.31. The van der Waals surface area contributed by atoms with Gasteiger partial charge in [-0.1, -0.05) is 56.3 Å². The molecule has 0 saturated heterocycles. The minimum absolute atomic E-state index is 0.128. The zero-order chi connectivity index (χ0) is 25.0. The number of nitrogens with one attached hydrogen (secondary N) is 1. The Morgan fingerprint density at radius 3 is 2.54 bits per heavy atom. The molecule has 0 aromatic heterocycles. The molecule has 0 bridgehead atoms. The minimum atomic E-state index is -3.88. The monoisotopic (exact) mass is 494 g/mol. The molecule has 0 unspecified atom stereocenters.